The van der Waals surface area contributed by atoms with Crippen molar-refractivity contribution in [3.63, 3.8) is 0 Å². The number of hydrogen-bond acceptors (Lipinski definition) is 7. The predicted octanol–water partition coefficient (Wildman–Crippen LogP) is 2.17. The summed E-state index contributed by atoms with van der Waals surface area (Å²) in [5.41, 5.74) is -0.00539. The third-order valence-corrected chi connectivity index (χ3v) is 7.56. The fraction of sp³-hybridized carbons (Fsp3) is 0.556. The highest BCUT2D eigenvalue weighted by Crippen LogP contribution is 2.31. The number of aromatic nitrogens is 3. The van der Waals surface area contributed by atoms with E-state index in [1.165, 1.54) is 16.4 Å². The van der Waals surface area contributed by atoms with Crippen molar-refractivity contribution < 1.29 is 13.3 Å². The van der Waals surface area contributed by atoms with Crippen molar-refractivity contribution in [3.8, 4) is 0 Å². The summed E-state index contributed by atoms with van der Waals surface area (Å²) in [7, 11) is -3.75. The molecule has 2 aliphatic rings. The first-order chi connectivity index (χ1) is 13.9. The summed E-state index contributed by atoms with van der Waals surface area (Å²) in [4.78, 5) is 11.0. The van der Waals surface area contributed by atoms with Crippen molar-refractivity contribution in [1.29, 1.82) is 0 Å². The average molecular weight is 420 g/mol. The zero-order valence-electron chi connectivity index (χ0n) is 16.2. The molecule has 0 saturated carbocycles. The van der Waals surface area contributed by atoms with Gasteiger partial charge < -0.3 is 9.88 Å². The summed E-state index contributed by atoms with van der Waals surface area (Å²) in [6.45, 7) is 4.10. The number of piperidine rings is 1. The van der Waals surface area contributed by atoms with E-state index in [0.29, 0.717) is 24.8 Å². The van der Waals surface area contributed by atoms with Gasteiger partial charge in [0, 0.05) is 32.1 Å². The minimum Gasteiger partial charge on any atom is -0.372 e. The number of nitrogens with zero attached hydrogens (tertiary/aromatic N) is 5. The predicted molar refractivity (Wildman–Crippen MR) is 106 cm³/mol. The molecule has 0 radical (unpaired) electrons. The molecular formula is C18H24N6O4S. The molecule has 0 bridgehead atoms. The first-order valence-corrected chi connectivity index (χ1v) is 11.2. The molecule has 3 heterocycles. The first kappa shape index (κ1) is 19.8. The van der Waals surface area contributed by atoms with Gasteiger partial charge in [0.2, 0.25) is 10.0 Å². The molecule has 2 aliphatic heterocycles. The average Bonchev–Trinajstić information content (AvgIpc) is 3.30. The zero-order chi connectivity index (χ0) is 20.6. The maximum Gasteiger partial charge on any atom is 0.293 e. The molecular weight excluding hydrogens is 396 g/mol. The van der Waals surface area contributed by atoms with E-state index >= 15 is 0 Å². The second kappa shape index (κ2) is 7.71. The summed E-state index contributed by atoms with van der Waals surface area (Å²) < 4.78 is 29.3. The van der Waals surface area contributed by atoms with Crippen LogP contribution in [-0.2, 0) is 29.5 Å². The molecule has 0 unspecified atom stereocenters. The van der Waals surface area contributed by atoms with Crippen molar-refractivity contribution in [2.75, 3.05) is 18.4 Å². The number of fused-ring (bicyclic) bond motifs is 1. The van der Waals surface area contributed by atoms with E-state index in [1.54, 1.807) is 0 Å². The Kier molecular flexibility index (Phi) is 5.26. The second-order valence-electron chi connectivity index (χ2n) is 7.66. The molecule has 1 N–H and O–H groups in total. The lowest BCUT2D eigenvalue weighted by Crippen LogP contribution is -2.37. The molecule has 10 nitrogen and oxygen atoms in total. The van der Waals surface area contributed by atoms with Crippen LogP contribution in [0.2, 0.25) is 0 Å². The van der Waals surface area contributed by atoms with E-state index in [0.717, 1.165) is 44.1 Å². The molecule has 4 rings (SSSR count). The SMILES string of the molecule is CC1CCN(S(=O)(=O)c2ccc(NCc3nnc4n3CCC4)c([N+](=O)[O-])c2)CC1. The molecule has 2 aromatic rings. The highest BCUT2D eigenvalue weighted by atomic mass is 32.2. The van der Waals surface area contributed by atoms with Crippen molar-refractivity contribution in [2.24, 2.45) is 5.92 Å². The van der Waals surface area contributed by atoms with Gasteiger partial charge in [-0.3, -0.25) is 10.1 Å². The Morgan fingerprint density at radius 1 is 1.24 bits per heavy atom. The molecule has 29 heavy (non-hydrogen) atoms. The fourth-order valence-electron chi connectivity index (χ4n) is 3.86. The summed E-state index contributed by atoms with van der Waals surface area (Å²) in [5.74, 6) is 2.13. The number of rotatable bonds is 6. The number of anilines is 1. The second-order valence-corrected chi connectivity index (χ2v) is 9.60. The lowest BCUT2D eigenvalue weighted by molar-refractivity contribution is -0.384. The van der Waals surface area contributed by atoms with E-state index in [9.17, 15) is 18.5 Å². The van der Waals surface area contributed by atoms with E-state index < -0.39 is 14.9 Å². The molecule has 1 aromatic carbocycles. The zero-order valence-corrected chi connectivity index (χ0v) is 17.1. The van der Waals surface area contributed by atoms with Gasteiger partial charge in [-0.1, -0.05) is 6.92 Å². The molecule has 0 spiro atoms. The van der Waals surface area contributed by atoms with Crippen LogP contribution in [0, 0.1) is 16.0 Å². The lowest BCUT2D eigenvalue weighted by atomic mass is 10.0. The molecule has 1 fully saturated rings. The van der Waals surface area contributed by atoms with Crippen molar-refractivity contribution in [1.82, 2.24) is 19.1 Å². The van der Waals surface area contributed by atoms with Gasteiger partial charge in [0.1, 0.15) is 11.5 Å². The number of nitro groups is 1. The Morgan fingerprint density at radius 2 is 2.00 bits per heavy atom. The van der Waals surface area contributed by atoms with Crippen LogP contribution in [0.15, 0.2) is 23.1 Å². The highest BCUT2D eigenvalue weighted by molar-refractivity contribution is 7.89. The van der Waals surface area contributed by atoms with Crippen molar-refractivity contribution in [3.05, 3.63) is 40.0 Å². The summed E-state index contributed by atoms with van der Waals surface area (Å²) in [5, 5.41) is 22.9. The van der Waals surface area contributed by atoms with Crippen LogP contribution in [0.1, 0.15) is 37.8 Å². The Labute approximate surface area is 169 Å². The molecule has 0 amide bonds. The quantitative estimate of drug-likeness (QED) is 0.561. The Hall–Kier alpha value is -2.53. The molecule has 0 atom stereocenters. The largest absolute Gasteiger partial charge is 0.372 e. The first-order valence-electron chi connectivity index (χ1n) is 9.79. The van der Waals surface area contributed by atoms with Gasteiger partial charge in [-0.25, -0.2) is 8.42 Å². The third kappa shape index (κ3) is 3.84. The summed E-state index contributed by atoms with van der Waals surface area (Å²) in [6, 6.07) is 4.03. The monoisotopic (exact) mass is 420 g/mol. The Bertz CT molecular complexity index is 1030. The van der Waals surface area contributed by atoms with Gasteiger partial charge in [-0.05, 0) is 37.3 Å². The van der Waals surface area contributed by atoms with Crippen LogP contribution in [0.4, 0.5) is 11.4 Å². The molecule has 11 heteroatoms. The van der Waals surface area contributed by atoms with Crippen LogP contribution in [-0.4, -0.2) is 45.5 Å². The van der Waals surface area contributed by atoms with E-state index in [1.807, 2.05) is 4.57 Å². The summed E-state index contributed by atoms with van der Waals surface area (Å²) >= 11 is 0. The Morgan fingerprint density at radius 3 is 2.72 bits per heavy atom. The van der Waals surface area contributed by atoms with E-state index in [-0.39, 0.29) is 22.8 Å². The fourth-order valence-corrected chi connectivity index (χ4v) is 5.35. The number of sulfonamides is 1. The number of aryl methyl sites for hydroxylation is 1. The Balaban J connectivity index is 1.56. The van der Waals surface area contributed by atoms with Crippen LogP contribution in [0.25, 0.3) is 0 Å². The number of benzene rings is 1. The van der Waals surface area contributed by atoms with Crippen LogP contribution < -0.4 is 5.32 Å². The molecule has 0 aliphatic carbocycles. The molecule has 1 aromatic heterocycles. The maximum atomic E-state index is 12.9. The van der Waals surface area contributed by atoms with Crippen molar-refractivity contribution in [2.45, 2.75) is 50.6 Å². The van der Waals surface area contributed by atoms with Crippen LogP contribution in [0.5, 0.6) is 0 Å². The molecule has 1 saturated heterocycles. The summed E-state index contributed by atoms with van der Waals surface area (Å²) in [6.07, 6.45) is 3.49. The van der Waals surface area contributed by atoms with Gasteiger partial charge >= 0.3 is 0 Å². The van der Waals surface area contributed by atoms with Crippen molar-refractivity contribution >= 4 is 21.4 Å². The minimum absolute atomic E-state index is 0.0485. The van der Waals surface area contributed by atoms with Crippen LogP contribution in [0.3, 0.4) is 0 Å². The normalized spacial score (nSPS) is 18.0. The standard InChI is InChI=1S/C18H24N6O4S/c1-13-6-9-22(10-7-13)29(27,28)14-4-5-15(16(11-14)24(25)26)19-12-18-21-20-17-3-2-8-23(17)18/h4-5,11,13,19H,2-3,6-10,12H2,1H3. The topological polar surface area (TPSA) is 123 Å². The number of nitro benzene ring substituents is 1. The van der Waals surface area contributed by atoms with Gasteiger partial charge in [-0.2, -0.15) is 4.31 Å². The lowest BCUT2D eigenvalue weighted by Gasteiger charge is -2.29. The van der Waals surface area contributed by atoms with E-state index in [4.69, 9.17) is 0 Å². The number of hydrogen-bond donors (Lipinski definition) is 1. The van der Waals surface area contributed by atoms with E-state index in [2.05, 4.69) is 22.4 Å². The third-order valence-electron chi connectivity index (χ3n) is 5.67. The smallest absolute Gasteiger partial charge is 0.293 e. The van der Waals surface area contributed by atoms with Gasteiger partial charge in [0.05, 0.1) is 16.4 Å². The number of nitrogens with one attached hydrogen (secondary N) is 1. The minimum atomic E-state index is -3.75. The highest BCUT2D eigenvalue weighted by Gasteiger charge is 2.30. The van der Waals surface area contributed by atoms with Gasteiger partial charge in [0.25, 0.3) is 5.69 Å². The van der Waals surface area contributed by atoms with Gasteiger partial charge in [-0.15, -0.1) is 10.2 Å². The molecule has 156 valence electrons. The van der Waals surface area contributed by atoms with Crippen LogP contribution >= 0.6 is 0 Å². The van der Waals surface area contributed by atoms with Gasteiger partial charge in [0.15, 0.2) is 5.82 Å². The maximum absolute atomic E-state index is 12.9.